The van der Waals surface area contributed by atoms with E-state index in [1.807, 2.05) is 142 Å². The van der Waals surface area contributed by atoms with Crippen LogP contribution >= 0.6 is 14.7 Å². The summed E-state index contributed by atoms with van der Waals surface area (Å²) in [5.41, 5.74) is 5.21. The Morgan fingerprint density at radius 3 is 1.63 bits per heavy atom. The van der Waals surface area contributed by atoms with Crippen LogP contribution in [0.2, 0.25) is 0 Å². The fourth-order valence-electron chi connectivity index (χ4n) is 6.09. The topological polar surface area (TPSA) is 52.6 Å². The van der Waals surface area contributed by atoms with Crippen molar-refractivity contribution in [2.24, 2.45) is 0 Å². The van der Waals surface area contributed by atoms with Crippen LogP contribution in [-0.2, 0) is 14.3 Å². The Balaban J connectivity index is 1.26. The maximum Gasteiger partial charge on any atom is 0.287 e. The summed E-state index contributed by atoms with van der Waals surface area (Å²) in [7, 11) is -6.70. The summed E-state index contributed by atoms with van der Waals surface area (Å²) in [6.45, 7) is 5.93. The van der Waals surface area contributed by atoms with Crippen LogP contribution in [0, 0.1) is 0 Å². The molecule has 3 atom stereocenters. The lowest BCUT2D eigenvalue weighted by Gasteiger charge is -2.39. The second-order valence-corrected chi connectivity index (χ2v) is 16.7. The number of benzene rings is 5. The fraction of sp³-hybridized carbons (Fsp3) is 0.143. The second-order valence-electron chi connectivity index (χ2n) is 11.2. The van der Waals surface area contributed by atoms with Crippen LogP contribution < -0.4 is 19.7 Å². The molecule has 5 aromatic rings. The van der Waals surface area contributed by atoms with Crippen molar-refractivity contribution >= 4 is 25.3 Å². The van der Waals surface area contributed by atoms with Gasteiger partial charge in [0.2, 0.25) is 0 Å². The molecule has 2 aliphatic heterocycles. The Kier molecular flexibility index (Phi) is 5.95. The molecule has 0 aliphatic carbocycles. The van der Waals surface area contributed by atoms with Crippen molar-refractivity contribution in [3.05, 3.63) is 132 Å². The lowest BCUT2D eigenvalue weighted by atomic mass is 10.00. The molecule has 2 aliphatic rings. The molecule has 0 amide bonds. The molecule has 204 valence electrons. The van der Waals surface area contributed by atoms with Gasteiger partial charge in [0.05, 0.1) is 21.4 Å². The van der Waals surface area contributed by atoms with Gasteiger partial charge < -0.3 is 9.05 Å². The summed E-state index contributed by atoms with van der Waals surface area (Å²) in [5.74, 6) is 1.28. The van der Waals surface area contributed by atoms with Gasteiger partial charge in [-0.1, -0.05) is 97.1 Å². The quantitative estimate of drug-likeness (QED) is 0.200. The standard InChI is InChI=1S/C35H30O4P2/c1-24(40(36)33-18-10-6-14-29(33)27-12-4-8-16-31(27)38-40)25-20-22-26(23-21-25)35(2,3)41(37)34-19-11-7-15-30(34)28-13-5-9-17-32(28)39-41/h4-24H,1-3H3. The summed E-state index contributed by atoms with van der Waals surface area (Å²) in [6, 6.07) is 39.1. The van der Waals surface area contributed by atoms with Crippen molar-refractivity contribution in [2.45, 2.75) is 31.6 Å². The van der Waals surface area contributed by atoms with Crippen LogP contribution in [-0.4, -0.2) is 0 Å². The molecule has 0 saturated heterocycles. The second kappa shape index (κ2) is 9.35. The highest BCUT2D eigenvalue weighted by Crippen LogP contribution is 2.67. The number of hydrogen-bond acceptors (Lipinski definition) is 4. The van der Waals surface area contributed by atoms with Gasteiger partial charge in [-0.15, -0.1) is 0 Å². The van der Waals surface area contributed by atoms with E-state index in [1.165, 1.54) is 0 Å². The highest BCUT2D eigenvalue weighted by Gasteiger charge is 2.50. The van der Waals surface area contributed by atoms with Gasteiger partial charge in [-0.3, -0.25) is 9.13 Å². The molecule has 5 aromatic carbocycles. The molecular weight excluding hydrogens is 546 g/mol. The highest BCUT2D eigenvalue weighted by atomic mass is 31.2. The van der Waals surface area contributed by atoms with Crippen molar-refractivity contribution in [2.75, 3.05) is 0 Å². The summed E-state index contributed by atoms with van der Waals surface area (Å²) < 4.78 is 42.3. The maximum atomic E-state index is 14.9. The highest BCUT2D eigenvalue weighted by molar-refractivity contribution is 7.69. The average molecular weight is 577 g/mol. The first-order chi connectivity index (χ1) is 19.7. The summed E-state index contributed by atoms with van der Waals surface area (Å²) in [4.78, 5) is 0. The minimum Gasteiger partial charge on any atom is -0.439 e. The maximum absolute atomic E-state index is 14.9. The number of fused-ring (bicyclic) bond motifs is 6. The summed E-state index contributed by atoms with van der Waals surface area (Å²) in [6.07, 6.45) is 0. The zero-order chi connectivity index (χ0) is 28.4. The van der Waals surface area contributed by atoms with Crippen LogP contribution in [0.15, 0.2) is 121 Å². The molecule has 41 heavy (non-hydrogen) atoms. The summed E-state index contributed by atoms with van der Waals surface area (Å²) in [5, 5.41) is 0.651. The Morgan fingerprint density at radius 2 is 1.02 bits per heavy atom. The molecule has 2 heterocycles. The first kappa shape index (κ1) is 26.1. The molecule has 0 N–H and O–H groups in total. The van der Waals surface area contributed by atoms with Crippen molar-refractivity contribution in [3.8, 4) is 33.8 Å². The van der Waals surface area contributed by atoms with E-state index in [1.54, 1.807) is 0 Å². The smallest absolute Gasteiger partial charge is 0.287 e. The molecule has 6 heteroatoms. The molecule has 4 nitrogen and oxygen atoms in total. The largest absolute Gasteiger partial charge is 0.439 e. The fourth-order valence-corrected chi connectivity index (χ4v) is 11.3. The van der Waals surface area contributed by atoms with E-state index in [-0.39, 0.29) is 5.66 Å². The Labute approximate surface area is 240 Å². The predicted molar refractivity (Wildman–Crippen MR) is 167 cm³/mol. The molecular formula is C35H30O4P2. The van der Waals surface area contributed by atoms with Crippen molar-refractivity contribution in [1.29, 1.82) is 0 Å². The first-order valence-corrected chi connectivity index (χ1v) is 17.1. The lowest BCUT2D eigenvalue weighted by Crippen LogP contribution is -2.31. The molecule has 0 bridgehead atoms. The van der Waals surface area contributed by atoms with Gasteiger partial charge in [0.15, 0.2) is 0 Å². The zero-order valence-corrected chi connectivity index (χ0v) is 24.9. The molecule has 7 rings (SSSR count). The molecule has 0 fully saturated rings. The van der Waals surface area contributed by atoms with Crippen LogP contribution in [0.25, 0.3) is 22.3 Å². The van der Waals surface area contributed by atoms with E-state index < -0.39 is 19.9 Å². The van der Waals surface area contributed by atoms with E-state index in [0.717, 1.165) is 44.0 Å². The van der Waals surface area contributed by atoms with Crippen LogP contribution in [0.3, 0.4) is 0 Å². The van der Waals surface area contributed by atoms with E-state index >= 15 is 0 Å². The normalized spacial score (nSPS) is 21.2. The molecule has 3 unspecified atom stereocenters. The Morgan fingerprint density at radius 1 is 0.561 bits per heavy atom. The summed E-state index contributed by atoms with van der Waals surface area (Å²) >= 11 is 0. The number of hydrogen-bond donors (Lipinski definition) is 0. The Hall–Kier alpha value is -3.84. The Bertz CT molecular complexity index is 1910. The molecule has 0 spiro atoms. The number of para-hydroxylation sites is 2. The van der Waals surface area contributed by atoms with Gasteiger partial charge in [0, 0.05) is 11.1 Å². The van der Waals surface area contributed by atoms with Crippen molar-refractivity contribution in [1.82, 2.24) is 0 Å². The van der Waals surface area contributed by atoms with Crippen molar-refractivity contribution < 1.29 is 18.2 Å². The van der Waals surface area contributed by atoms with E-state index in [2.05, 4.69) is 0 Å². The van der Waals surface area contributed by atoms with E-state index in [9.17, 15) is 9.13 Å². The number of rotatable bonds is 4. The van der Waals surface area contributed by atoms with Crippen LogP contribution in [0.4, 0.5) is 0 Å². The van der Waals surface area contributed by atoms with Gasteiger partial charge in [-0.05, 0) is 67.3 Å². The zero-order valence-electron chi connectivity index (χ0n) is 23.2. The molecule has 0 aromatic heterocycles. The SMILES string of the molecule is CC(c1ccc(C(C)(C)P2(=O)Oc3ccccc3-c3ccccc32)cc1)P1(=O)Oc2ccccc2-c2ccccc21. The first-order valence-electron chi connectivity index (χ1n) is 13.8. The lowest BCUT2D eigenvalue weighted by molar-refractivity contribution is 0.456. The monoisotopic (exact) mass is 576 g/mol. The minimum absolute atomic E-state index is 0.385. The van der Waals surface area contributed by atoms with Gasteiger partial charge in [-0.25, -0.2) is 0 Å². The van der Waals surface area contributed by atoms with Crippen molar-refractivity contribution in [3.63, 3.8) is 0 Å². The van der Waals surface area contributed by atoms with E-state index in [4.69, 9.17) is 9.05 Å². The van der Waals surface area contributed by atoms with Gasteiger partial charge in [-0.2, -0.15) is 0 Å². The van der Waals surface area contributed by atoms with Crippen LogP contribution in [0.1, 0.15) is 37.6 Å². The van der Waals surface area contributed by atoms with E-state index in [0.29, 0.717) is 11.5 Å². The van der Waals surface area contributed by atoms with Gasteiger partial charge in [0.25, 0.3) is 14.7 Å². The predicted octanol–water partition coefficient (Wildman–Crippen LogP) is 9.31. The van der Waals surface area contributed by atoms with Crippen LogP contribution in [0.5, 0.6) is 11.5 Å². The van der Waals surface area contributed by atoms with Gasteiger partial charge in [0.1, 0.15) is 11.5 Å². The molecule has 0 radical (unpaired) electrons. The van der Waals surface area contributed by atoms with Gasteiger partial charge >= 0.3 is 0 Å². The minimum atomic E-state index is -3.40. The average Bonchev–Trinajstić information content (AvgIpc) is 3.01. The third-order valence-electron chi connectivity index (χ3n) is 8.62. The third-order valence-corrected chi connectivity index (χ3v) is 14.7. The molecule has 0 saturated carbocycles. The third kappa shape index (κ3) is 3.82.